The van der Waals surface area contributed by atoms with Crippen LogP contribution in [0.5, 0.6) is 5.75 Å². The minimum absolute atomic E-state index is 0.175. The maximum absolute atomic E-state index is 10.9. The van der Waals surface area contributed by atoms with Crippen molar-refractivity contribution in [1.82, 2.24) is 0 Å². The summed E-state index contributed by atoms with van der Waals surface area (Å²) in [6.45, 7) is 1.38. The van der Waals surface area contributed by atoms with Crippen LogP contribution in [0.25, 0.3) is 0 Å². The van der Waals surface area contributed by atoms with Gasteiger partial charge in [-0.15, -0.1) is 11.3 Å². The van der Waals surface area contributed by atoms with E-state index in [2.05, 4.69) is 0 Å². The average molecular weight is 247 g/mol. The molecule has 0 spiro atoms. The molecule has 3 nitrogen and oxygen atoms in total. The van der Waals surface area contributed by atoms with Gasteiger partial charge in [0, 0.05) is 11.8 Å². The Balaban J connectivity index is 2.24. The van der Waals surface area contributed by atoms with E-state index in [9.17, 15) is 4.79 Å². The van der Waals surface area contributed by atoms with Crippen molar-refractivity contribution in [3.8, 4) is 5.75 Å². The molecule has 0 aliphatic heterocycles. The minimum atomic E-state index is -0.327. The van der Waals surface area contributed by atoms with Crippen molar-refractivity contribution in [2.45, 2.75) is 13.0 Å². The number of carbonyl (C=O) groups excluding carboxylic acids is 1. The first-order valence-electron chi connectivity index (χ1n) is 5.24. The fraction of sp³-hybridized carbons (Fsp3) is 0.154. The highest BCUT2D eigenvalue weighted by molar-refractivity contribution is 7.10. The monoisotopic (exact) mass is 247 g/mol. The van der Waals surface area contributed by atoms with Crippen molar-refractivity contribution < 1.29 is 9.53 Å². The highest BCUT2D eigenvalue weighted by atomic mass is 32.1. The molecule has 2 rings (SSSR count). The normalized spacial score (nSPS) is 12.1. The summed E-state index contributed by atoms with van der Waals surface area (Å²) < 4.78 is 5.03. The second-order valence-corrected chi connectivity index (χ2v) is 4.64. The Morgan fingerprint density at radius 2 is 2.18 bits per heavy atom. The quantitative estimate of drug-likeness (QED) is 0.670. The molecule has 0 bridgehead atoms. The smallest absolute Gasteiger partial charge is 0.308 e. The molecule has 4 heteroatoms. The van der Waals surface area contributed by atoms with Crippen LogP contribution in [-0.4, -0.2) is 5.97 Å². The summed E-state index contributed by atoms with van der Waals surface area (Å²) in [6.07, 6.45) is 0. The van der Waals surface area contributed by atoms with Gasteiger partial charge in [-0.05, 0) is 29.1 Å². The minimum Gasteiger partial charge on any atom is -0.427 e. The van der Waals surface area contributed by atoms with Gasteiger partial charge in [-0.25, -0.2) is 0 Å². The van der Waals surface area contributed by atoms with Crippen LogP contribution in [0.3, 0.4) is 0 Å². The molecule has 17 heavy (non-hydrogen) atoms. The lowest BCUT2D eigenvalue weighted by atomic mass is 10.1. The van der Waals surface area contributed by atoms with E-state index in [1.54, 1.807) is 23.5 Å². The molecule has 0 fully saturated rings. The number of hydrogen-bond donors (Lipinski definition) is 1. The molecular weight excluding hydrogens is 234 g/mol. The van der Waals surface area contributed by atoms with Crippen molar-refractivity contribution in [2.24, 2.45) is 5.73 Å². The molecule has 0 aliphatic carbocycles. The molecule has 1 heterocycles. The Kier molecular flexibility index (Phi) is 3.56. The number of esters is 1. The maximum Gasteiger partial charge on any atom is 0.308 e. The SMILES string of the molecule is CC(=O)Oc1cccc([C@@H](N)c2cccs2)c1. The summed E-state index contributed by atoms with van der Waals surface area (Å²) in [6, 6.07) is 11.1. The van der Waals surface area contributed by atoms with Crippen molar-refractivity contribution in [3.63, 3.8) is 0 Å². The molecule has 1 aromatic carbocycles. The van der Waals surface area contributed by atoms with E-state index in [0.29, 0.717) is 5.75 Å². The number of rotatable bonds is 3. The lowest BCUT2D eigenvalue weighted by Gasteiger charge is -2.11. The molecule has 0 saturated heterocycles. The van der Waals surface area contributed by atoms with Crippen molar-refractivity contribution in [3.05, 3.63) is 52.2 Å². The molecule has 0 aliphatic rings. The van der Waals surface area contributed by atoms with E-state index in [1.165, 1.54) is 6.92 Å². The van der Waals surface area contributed by atoms with Crippen LogP contribution >= 0.6 is 11.3 Å². The van der Waals surface area contributed by atoms with E-state index < -0.39 is 0 Å². The third kappa shape index (κ3) is 2.93. The van der Waals surface area contributed by atoms with Gasteiger partial charge in [-0.2, -0.15) is 0 Å². The number of benzene rings is 1. The maximum atomic E-state index is 10.9. The van der Waals surface area contributed by atoms with Gasteiger partial charge in [-0.3, -0.25) is 4.79 Å². The third-order valence-electron chi connectivity index (χ3n) is 2.33. The van der Waals surface area contributed by atoms with Crippen LogP contribution in [-0.2, 0) is 4.79 Å². The molecule has 1 atom stereocenters. The van der Waals surface area contributed by atoms with Gasteiger partial charge < -0.3 is 10.5 Å². The Labute approximate surface area is 104 Å². The lowest BCUT2D eigenvalue weighted by Crippen LogP contribution is -2.10. The molecular formula is C13H13NO2S. The van der Waals surface area contributed by atoms with Crippen LogP contribution < -0.4 is 10.5 Å². The van der Waals surface area contributed by atoms with Crippen molar-refractivity contribution in [1.29, 1.82) is 0 Å². The summed E-state index contributed by atoms with van der Waals surface area (Å²) in [5.41, 5.74) is 7.07. The van der Waals surface area contributed by atoms with E-state index in [4.69, 9.17) is 10.5 Å². The van der Waals surface area contributed by atoms with Gasteiger partial charge in [0.25, 0.3) is 0 Å². The molecule has 0 saturated carbocycles. The fourth-order valence-electron chi connectivity index (χ4n) is 1.57. The molecule has 0 radical (unpaired) electrons. The van der Waals surface area contributed by atoms with E-state index in [0.717, 1.165) is 10.4 Å². The van der Waals surface area contributed by atoms with Gasteiger partial charge in [0.2, 0.25) is 0 Å². The average Bonchev–Trinajstić information content (AvgIpc) is 2.81. The first-order chi connectivity index (χ1) is 8.16. The predicted molar refractivity (Wildman–Crippen MR) is 68.1 cm³/mol. The zero-order chi connectivity index (χ0) is 12.3. The Morgan fingerprint density at radius 1 is 1.35 bits per heavy atom. The zero-order valence-electron chi connectivity index (χ0n) is 9.42. The molecule has 0 unspecified atom stereocenters. The highest BCUT2D eigenvalue weighted by Gasteiger charge is 2.10. The standard InChI is InChI=1S/C13H13NO2S/c1-9(15)16-11-5-2-4-10(8-11)13(14)12-6-3-7-17-12/h2-8,13H,14H2,1H3/t13-/m1/s1. The largest absolute Gasteiger partial charge is 0.427 e. The first-order valence-corrected chi connectivity index (χ1v) is 6.12. The predicted octanol–water partition coefficient (Wildman–Crippen LogP) is 2.72. The van der Waals surface area contributed by atoms with Crippen LogP contribution in [0.4, 0.5) is 0 Å². The van der Waals surface area contributed by atoms with Gasteiger partial charge >= 0.3 is 5.97 Å². The van der Waals surface area contributed by atoms with Crippen LogP contribution in [0, 0.1) is 0 Å². The van der Waals surface area contributed by atoms with E-state index >= 15 is 0 Å². The van der Waals surface area contributed by atoms with E-state index in [1.807, 2.05) is 29.6 Å². The Hall–Kier alpha value is -1.65. The summed E-state index contributed by atoms with van der Waals surface area (Å²) >= 11 is 1.61. The summed E-state index contributed by atoms with van der Waals surface area (Å²) in [7, 11) is 0. The van der Waals surface area contributed by atoms with Gasteiger partial charge in [0.1, 0.15) is 5.75 Å². The Bertz CT molecular complexity index is 508. The van der Waals surface area contributed by atoms with Gasteiger partial charge in [0.15, 0.2) is 0 Å². The molecule has 1 aromatic heterocycles. The lowest BCUT2D eigenvalue weighted by molar-refractivity contribution is -0.131. The van der Waals surface area contributed by atoms with Crippen molar-refractivity contribution in [2.75, 3.05) is 0 Å². The second kappa shape index (κ2) is 5.12. The topological polar surface area (TPSA) is 52.3 Å². The third-order valence-corrected chi connectivity index (χ3v) is 3.28. The molecule has 2 aromatic rings. The number of hydrogen-bond acceptors (Lipinski definition) is 4. The van der Waals surface area contributed by atoms with Crippen molar-refractivity contribution >= 4 is 17.3 Å². The highest BCUT2D eigenvalue weighted by Crippen LogP contribution is 2.26. The fourth-order valence-corrected chi connectivity index (χ4v) is 2.32. The number of carbonyl (C=O) groups is 1. The molecule has 0 amide bonds. The summed E-state index contributed by atoms with van der Waals surface area (Å²) in [4.78, 5) is 12.0. The number of ether oxygens (including phenoxy) is 1. The van der Waals surface area contributed by atoms with Crippen LogP contribution in [0.1, 0.15) is 23.4 Å². The summed E-state index contributed by atoms with van der Waals surface area (Å²) in [5, 5.41) is 1.99. The number of nitrogens with two attached hydrogens (primary N) is 1. The molecule has 2 N–H and O–H groups in total. The number of thiophene rings is 1. The van der Waals surface area contributed by atoms with E-state index in [-0.39, 0.29) is 12.0 Å². The molecule has 88 valence electrons. The van der Waals surface area contributed by atoms with Gasteiger partial charge in [-0.1, -0.05) is 18.2 Å². The Morgan fingerprint density at radius 3 is 2.82 bits per heavy atom. The summed E-state index contributed by atoms with van der Waals surface area (Å²) in [5.74, 6) is 0.203. The zero-order valence-corrected chi connectivity index (χ0v) is 10.2. The van der Waals surface area contributed by atoms with Crippen LogP contribution in [0.2, 0.25) is 0 Å². The van der Waals surface area contributed by atoms with Gasteiger partial charge in [0.05, 0.1) is 6.04 Å². The second-order valence-electron chi connectivity index (χ2n) is 3.66. The van der Waals surface area contributed by atoms with Crippen LogP contribution in [0.15, 0.2) is 41.8 Å². The first kappa shape index (κ1) is 11.8.